The van der Waals surface area contributed by atoms with Gasteiger partial charge in [0, 0.05) is 22.8 Å². The molecule has 1 aliphatic rings. The summed E-state index contributed by atoms with van der Waals surface area (Å²) < 4.78 is 10.3. The number of fused-ring (bicyclic) bond motifs is 2. The first-order valence-corrected chi connectivity index (χ1v) is 10.5. The highest BCUT2D eigenvalue weighted by Gasteiger charge is 2.32. The van der Waals surface area contributed by atoms with E-state index in [1.807, 2.05) is 0 Å². The first kappa shape index (κ1) is 22.7. The standard InChI is InChI=1S/C27H21NO6/c1-16(34-23(29)14-13-17-7-5-8-18(15-17)33-2)27(32)28-22-12-6-11-21-24(22)26(31)20-10-4-3-9-19(20)25(21)30/h3-16H,1-2H3,(H,28,32)/b14-13+. The number of amides is 1. The maximum Gasteiger partial charge on any atom is 0.331 e. The maximum atomic E-state index is 13.1. The Morgan fingerprint density at radius 1 is 0.882 bits per heavy atom. The minimum Gasteiger partial charge on any atom is -0.497 e. The monoisotopic (exact) mass is 455 g/mol. The molecule has 170 valence electrons. The molecule has 0 aromatic heterocycles. The summed E-state index contributed by atoms with van der Waals surface area (Å²) in [6, 6.07) is 18.3. The normalized spacial score (nSPS) is 13.1. The Hall–Kier alpha value is -4.52. The van der Waals surface area contributed by atoms with Crippen LogP contribution in [0.2, 0.25) is 0 Å². The lowest BCUT2D eigenvalue weighted by Gasteiger charge is -2.21. The van der Waals surface area contributed by atoms with Crippen LogP contribution in [0.5, 0.6) is 5.75 Å². The quantitative estimate of drug-likeness (QED) is 0.348. The summed E-state index contributed by atoms with van der Waals surface area (Å²) in [5.41, 5.74) is 1.86. The second kappa shape index (κ2) is 9.54. The number of nitrogens with one attached hydrogen (secondary N) is 1. The molecule has 0 spiro atoms. The van der Waals surface area contributed by atoms with E-state index >= 15 is 0 Å². The van der Waals surface area contributed by atoms with Crippen LogP contribution >= 0.6 is 0 Å². The Kier molecular flexibility index (Phi) is 6.36. The predicted octanol–water partition coefficient (Wildman–Crippen LogP) is 4.05. The van der Waals surface area contributed by atoms with Gasteiger partial charge in [-0.2, -0.15) is 0 Å². The summed E-state index contributed by atoms with van der Waals surface area (Å²) in [5.74, 6) is -1.34. The van der Waals surface area contributed by atoms with E-state index in [4.69, 9.17) is 9.47 Å². The zero-order valence-electron chi connectivity index (χ0n) is 18.5. The van der Waals surface area contributed by atoms with Crippen molar-refractivity contribution in [1.82, 2.24) is 0 Å². The summed E-state index contributed by atoms with van der Waals surface area (Å²) in [7, 11) is 1.55. The molecular formula is C27H21NO6. The van der Waals surface area contributed by atoms with E-state index in [2.05, 4.69) is 5.32 Å². The second-order valence-corrected chi connectivity index (χ2v) is 7.61. The number of carbonyl (C=O) groups excluding carboxylic acids is 4. The fourth-order valence-corrected chi connectivity index (χ4v) is 3.66. The van der Waals surface area contributed by atoms with Gasteiger partial charge in [-0.1, -0.05) is 48.5 Å². The van der Waals surface area contributed by atoms with Crippen molar-refractivity contribution in [3.63, 3.8) is 0 Å². The molecule has 0 bridgehead atoms. The van der Waals surface area contributed by atoms with Gasteiger partial charge in [0.15, 0.2) is 17.7 Å². The van der Waals surface area contributed by atoms with Crippen LogP contribution in [-0.4, -0.2) is 36.7 Å². The summed E-state index contributed by atoms with van der Waals surface area (Å²) in [6.45, 7) is 1.42. The average Bonchev–Trinajstić information content (AvgIpc) is 2.86. The maximum absolute atomic E-state index is 13.1. The molecule has 7 heteroatoms. The Morgan fingerprint density at radius 3 is 2.29 bits per heavy atom. The van der Waals surface area contributed by atoms with Crippen molar-refractivity contribution in [2.24, 2.45) is 0 Å². The lowest BCUT2D eigenvalue weighted by molar-refractivity contribution is -0.148. The zero-order chi connectivity index (χ0) is 24.2. The number of carbonyl (C=O) groups is 4. The van der Waals surface area contributed by atoms with Crippen molar-refractivity contribution in [2.75, 3.05) is 12.4 Å². The topological polar surface area (TPSA) is 98.8 Å². The van der Waals surface area contributed by atoms with Crippen LogP contribution in [0, 0.1) is 0 Å². The predicted molar refractivity (Wildman–Crippen MR) is 126 cm³/mol. The van der Waals surface area contributed by atoms with Gasteiger partial charge in [-0.25, -0.2) is 4.79 Å². The van der Waals surface area contributed by atoms with Gasteiger partial charge in [0.25, 0.3) is 5.91 Å². The van der Waals surface area contributed by atoms with Gasteiger partial charge in [0.2, 0.25) is 0 Å². The van der Waals surface area contributed by atoms with E-state index < -0.39 is 18.0 Å². The van der Waals surface area contributed by atoms with E-state index in [1.165, 1.54) is 19.1 Å². The third-order valence-corrected chi connectivity index (χ3v) is 5.38. The molecule has 0 heterocycles. The highest BCUT2D eigenvalue weighted by atomic mass is 16.5. The van der Waals surface area contributed by atoms with Crippen LogP contribution in [0.1, 0.15) is 44.3 Å². The molecule has 0 aliphatic heterocycles. The average molecular weight is 455 g/mol. The number of ether oxygens (including phenoxy) is 2. The molecule has 1 aliphatic carbocycles. The molecular weight excluding hydrogens is 434 g/mol. The number of rotatable bonds is 6. The van der Waals surface area contributed by atoms with Gasteiger partial charge in [-0.3, -0.25) is 14.4 Å². The fraction of sp³-hybridized carbons (Fsp3) is 0.111. The molecule has 1 unspecified atom stereocenters. The van der Waals surface area contributed by atoms with Gasteiger partial charge in [-0.15, -0.1) is 0 Å². The van der Waals surface area contributed by atoms with Gasteiger partial charge < -0.3 is 14.8 Å². The molecule has 0 fully saturated rings. The highest BCUT2D eigenvalue weighted by Crippen LogP contribution is 2.32. The number of methoxy groups -OCH3 is 1. The Bertz CT molecular complexity index is 1340. The number of esters is 1. The van der Waals surface area contributed by atoms with Crippen molar-refractivity contribution in [2.45, 2.75) is 13.0 Å². The number of ketones is 2. The molecule has 4 rings (SSSR count). The van der Waals surface area contributed by atoms with Crippen LogP contribution in [0.3, 0.4) is 0 Å². The Labute approximate surface area is 196 Å². The Balaban J connectivity index is 1.47. The Morgan fingerprint density at radius 2 is 1.56 bits per heavy atom. The van der Waals surface area contributed by atoms with E-state index in [-0.39, 0.29) is 33.9 Å². The van der Waals surface area contributed by atoms with Crippen LogP contribution in [0.15, 0.2) is 72.8 Å². The second-order valence-electron chi connectivity index (χ2n) is 7.61. The summed E-state index contributed by atoms with van der Waals surface area (Å²) in [6.07, 6.45) is 1.62. The van der Waals surface area contributed by atoms with Gasteiger partial charge in [0.05, 0.1) is 18.4 Å². The fourth-order valence-electron chi connectivity index (χ4n) is 3.66. The van der Waals surface area contributed by atoms with E-state index in [0.29, 0.717) is 11.3 Å². The molecule has 1 amide bonds. The molecule has 0 saturated heterocycles. The number of anilines is 1. The summed E-state index contributed by atoms with van der Waals surface area (Å²) in [5, 5.41) is 2.62. The molecule has 0 saturated carbocycles. The van der Waals surface area contributed by atoms with Gasteiger partial charge in [0.1, 0.15) is 5.75 Å². The van der Waals surface area contributed by atoms with Crippen molar-refractivity contribution in [1.29, 1.82) is 0 Å². The largest absolute Gasteiger partial charge is 0.497 e. The van der Waals surface area contributed by atoms with Gasteiger partial charge in [-0.05, 0) is 36.8 Å². The van der Waals surface area contributed by atoms with E-state index in [9.17, 15) is 19.2 Å². The number of benzene rings is 3. The zero-order valence-corrected chi connectivity index (χ0v) is 18.5. The lowest BCUT2D eigenvalue weighted by atomic mass is 9.83. The van der Waals surface area contributed by atoms with Crippen LogP contribution < -0.4 is 10.1 Å². The SMILES string of the molecule is COc1cccc(/C=C/C(=O)OC(C)C(=O)Nc2cccc3c2C(=O)c2ccccc2C3=O)c1. The summed E-state index contributed by atoms with van der Waals surface area (Å²) in [4.78, 5) is 50.8. The molecule has 3 aromatic rings. The van der Waals surface area contributed by atoms with Crippen LogP contribution in [0.4, 0.5) is 5.69 Å². The summed E-state index contributed by atoms with van der Waals surface area (Å²) >= 11 is 0. The van der Waals surface area contributed by atoms with Crippen molar-refractivity contribution in [3.05, 3.63) is 101 Å². The molecule has 7 nitrogen and oxygen atoms in total. The van der Waals surface area contributed by atoms with E-state index in [1.54, 1.807) is 73.8 Å². The smallest absolute Gasteiger partial charge is 0.331 e. The molecule has 1 N–H and O–H groups in total. The van der Waals surface area contributed by atoms with Crippen molar-refractivity contribution >= 4 is 35.2 Å². The van der Waals surface area contributed by atoms with Gasteiger partial charge >= 0.3 is 5.97 Å². The third kappa shape index (κ3) is 4.49. The first-order chi connectivity index (χ1) is 16.4. The lowest BCUT2D eigenvalue weighted by Crippen LogP contribution is -2.31. The van der Waals surface area contributed by atoms with Crippen LogP contribution in [-0.2, 0) is 14.3 Å². The molecule has 3 aromatic carbocycles. The molecule has 1 atom stereocenters. The van der Waals surface area contributed by atoms with Crippen molar-refractivity contribution in [3.8, 4) is 5.75 Å². The van der Waals surface area contributed by atoms with Crippen LogP contribution in [0.25, 0.3) is 6.08 Å². The van der Waals surface area contributed by atoms with Crippen molar-refractivity contribution < 1.29 is 28.7 Å². The minimum atomic E-state index is -1.14. The minimum absolute atomic E-state index is 0.121. The molecule has 34 heavy (non-hydrogen) atoms. The van der Waals surface area contributed by atoms with E-state index in [0.717, 1.165) is 5.56 Å². The number of hydrogen-bond donors (Lipinski definition) is 1. The molecule has 0 radical (unpaired) electrons. The first-order valence-electron chi connectivity index (χ1n) is 10.5. The number of hydrogen-bond acceptors (Lipinski definition) is 6. The highest BCUT2D eigenvalue weighted by molar-refractivity contribution is 6.30. The third-order valence-electron chi connectivity index (χ3n) is 5.38.